The third-order valence-corrected chi connectivity index (χ3v) is 4.97. The van der Waals surface area contributed by atoms with Crippen LogP contribution in [0.3, 0.4) is 0 Å². The van der Waals surface area contributed by atoms with Crippen molar-refractivity contribution >= 4 is 0 Å². The molecule has 20 heavy (non-hydrogen) atoms. The van der Waals surface area contributed by atoms with Crippen molar-refractivity contribution < 1.29 is 9.84 Å². The number of hydrogen-bond donors (Lipinski definition) is 1. The molecule has 2 aliphatic rings. The van der Waals surface area contributed by atoms with Gasteiger partial charge in [0.1, 0.15) is 5.75 Å². The molecule has 2 saturated carbocycles. The molecule has 0 aliphatic heterocycles. The molecule has 2 unspecified atom stereocenters. The Bertz CT molecular complexity index is 435. The highest BCUT2D eigenvalue weighted by molar-refractivity contribution is 5.31. The lowest BCUT2D eigenvalue weighted by Crippen LogP contribution is -2.24. The summed E-state index contributed by atoms with van der Waals surface area (Å²) in [5, 5.41) is 11.0. The van der Waals surface area contributed by atoms with E-state index >= 15 is 0 Å². The predicted octanol–water partition coefficient (Wildman–Crippen LogP) is 4.41. The smallest absolute Gasteiger partial charge is 0.119 e. The predicted molar refractivity (Wildman–Crippen MR) is 80.9 cm³/mol. The Morgan fingerprint density at radius 3 is 2.50 bits per heavy atom. The van der Waals surface area contributed by atoms with Crippen molar-refractivity contribution in [1.29, 1.82) is 0 Å². The van der Waals surface area contributed by atoms with Crippen LogP contribution in [0.25, 0.3) is 0 Å². The van der Waals surface area contributed by atoms with Gasteiger partial charge in [0.25, 0.3) is 0 Å². The summed E-state index contributed by atoms with van der Waals surface area (Å²) in [7, 11) is 0. The van der Waals surface area contributed by atoms with E-state index < -0.39 is 5.60 Å². The van der Waals surface area contributed by atoms with E-state index in [1.54, 1.807) is 0 Å². The lowest BCUT2D eigenvalue weighted by atomic mass is 9.86. The van der Waals surface area contributed by atoms with E-state index in [1.807, 2.05) is 12.1 Å². The second-order valence-corrected chi connectivity index (χ2v) is 6.58. The number of benzene rings is 1. The molecule has 0 heterocycles. The summed E-state index contributed by atoms with van der Waals surface area (Å²) in [6, 6.07) is 8.16. The van der Waals surface area contributed by atoms with Gasteiger partial charge in [0, 0.05) is 0 Å². The normalized spacial score (nSPS) is 30.8. The molecular weight excluding hydrogens is 248 g/mol. The van der Waals surface area contributed by atoms with Gasteiger partial charge in [0.15, 0.2) is 0 Å². The first-order valence-electron chi connectivity index (χ1n) is 8.19. The van der Waals surface area contributed by atoms with Crippen molar-refractivity contribution in [3.8, 4) is 5.75 Å². The average Bonchev–Trinajstić information content (AvgIpc) is 3.28. The molecule has 0 saturated heterocycles. The standard InChI is InChI=1S/C18H26O2/c1-2-14-4-3-12-18(19,13-11-14)15-5-7-16(8-6-15)20-17-9-10-17/h5-8,14,17,19H,2-4,9-13H2,1H3. The zero-order chi connectivity index (χ0) is 14.0. The molecule has 1 aromatic rings. The van der Waals surface area contributed by atoms with Crippen LogP contribution in [0.2, 0.25) is 0 Å². The number of ether oxygens (including phenoxy) is 1. The molecule has 2 fully saturated rings. The molecule has 0 radical (unpaired) electrons. The molecule has 2 aliphatic carbocycles. The zero-order valence-electron chi connectivity index (χ0n) is 12.5. The van der Waals surface area contributed by atoms with E-state index in [2.05, 4.69) is 19.1 Å². The third-order valence-electron chi connectivity index (χ3n) is 4.97. The highest BCUT2D eigenvalue weighted by atomic mass is 16.5. The number of rotatable bonds is 4. The first kappa shape index (κ1) is 13.9. The van der Waals surface area contributed by atoms with E-state index in [4.69, 9.17) is 4.74 Å². The van der Waals surface area contributed by atoms with Crippen molar-refractivity contribution in [2.45, 2.75) is 70.0 Å². The van der Waals surface area contributed by atoms with Crippen LogP contribution >= 0.6 is 0 Å². The van der Waals surface area contributed by atoms with Crippen molar-refractivity contribution in [2.75, 3.05) is 0 Å². The average molecular weight is 274 g/mol. The fourth-order valence-corrected chi connectivity index (χ4v) is 3.31. The van der Waals surface area contributed by atoms with Crippen LogP contribution in [-0.2, 0) is 5.60 Å². The topological polar surface area (TPSA) is 29.5 Å². The Hall–Kier alpha value is -1.02. The van der Waals surface area contributed by atoms with Gasteiger partial charge in [-0.1, -0.05) is 31.9 Å². The van der Waals surface area contributed by atoms with Crippen molar-refractivity contribution in [1.82, 2.24) is 0 Å². The van der Waals surface area contributed by atoms with Crippen LogP contribution < -0.4 is 4.74 Å². The zero-order valence-corrected chi connectivity index (χ0v) is 12.5. The monoisotopic (exact) mass is 274 g/mol. The SMILES string of the molecule is CCC1CCCC(O)(c2ccc(OC3CC3)cc2)CC1. The van der Waals surface area contributed by atoms with E-state index in [9.17, 15) is 5.11 Å². The molecule has 0 spiro atoms. The molecule has 1 N–H and O–H groups in total. The maximum atomic E-state index is 11.0. The first-order valence-corrected chi connectivity index (χ1v) is 8.19. The number of aliphatic hydroxyl groups is 1. The van der Waals surface area contributed by atoms with Crippen LogP contribution in [0.4, 0.5) is 0 Å². The minimum Gasteiger partial charge on any atom is -0.490 e. The summed E-state index contributed by atoms with van der Waals surface area (Å²) in [5.74, 6) is 1.74. The molecule has 0 amide bonds. The Morgan fingerprint density at radius 2 is 1.85 bits per heavy atom. The van der Waals surface area contributed by atoms with E-state index in [0.717, 1.165) is 42.9 Å². The molecule has 2 atom stereocenters. The Balaban J connectivity index is 1.69. The van der Waals surface area contributed by atoms with Gasteiger partial charge in [-0.05, 0) is 62.1 Å². The Labute approximate surface area is 122 Å². The highest BCUT2D eigenvalue weighted by Gasteiger charge is 2.32. The van der Waals surface area contributed by atoms with Gasteiger partial charge in [0.2, 0.25) is 0 Å². The largest absolute Gasteiger partial charge is 0.490 e. The number of hydrogen-bond acceptors (Lipinski definition) is 2. The molecule has 0 aromatic heterocycles. The minimum atomic E-state index is -0.623. The minimum absolute atomic E-state index is 0.437. The summed E-state index contributed by atoms with van der Waals surface area (Å²) >= 11 is 0. The molecule has 1 aromatic carbocycles. The van der Waals surface area contributed by atoms with Crippen molar-refractivity contribution in [3.63, 3.8) is 0 Å². The Kier molecular flexibility index (Phi) is 4.02. The summed E-state index contributed by atoms with van der Waals surface area (Å²) in [4.78, 5) is 0. The van der Waals surface area contributed by atoms with E-state index in [0.29, 0.717) is 6.10 Å². The van der Waals surface area contributed by atoms with Crippen molar-refractivity contribution in [2.24, 2.45) is 5.92 Å². The molecule has 110 valence electrons. The molecule has 3 rings (SSSR count). The van der Waals surface area contributed by atoms with Gasteiger partial charge in [-0.3, -0.25) is 0 Å². The van der Waals surface area contributed by atoms with Crippen LogP contribution in [0.15, 0.2) is 24.3 Å². The van der Waals surface area contributed by atoms with Gasteiger partial charge in [-0.2, -0.15) is 0 Å². The molecule has 2 heteroatoms. The summed E-state index contributed by atoms with van der Waals surface area (Å²) < 4.78 is 5.78. The van der Waals surface area contributed by atoms with Crippen LogP contribution in [0.5, 0.6) is 5.75 Å². The summed E-state index contributed by atoms with van der Waals surface area (Å²) in [6.45, 7) is 2.26. The van der Waals surface area contributed by atoms with Gasteiger partial charge in [-0.15, -0.1) is 0 Å². The lowest BCUT2D eigenvalue weighted by Gasteiger charge is -2.27. The second kappa shape index (κ2) is 5.77. The van der Waals surface area contributed by atoms with E-state index in [-0.39, 0.29) is 0 Å². The fourth-order valence-electron chi connectivity index (χ4n) is 3.31. The second-order valence-electron chi connectivity index (χ2n) is 6.58. The van der Waals surface area contributed by atoms with Crippen molar-refractivity contribution in [3.05, 3.63) is 29.8 Å². The first-order chi connectivity index (χ1) is 9.69. The molecular formula is C18H26O2. The molecule has 2 nitrogen and oxygen atoms in total. The van der Waals surface area contributed by atoms with E-state index in [1.165, 1.54) is 25.7 Å². The van der Waals surface area contributed by atoms with Crippen LogP contribution in [0, 0.1) is 5.92 Å². The maximum Gasteiger partial charge on any atom is 0.119 e. The highest BCUT2D eigenvalue weighted by Crippen LogP contribution is 2.39. The fraction of sp³-hybridized carbons (Fsp3) is 0.667. The van der Waals surface area contributed by atoms with Gasteiger partial charge in [-0.25, -0.2) is 0 Å². The van der Waals surface area contributed by atoms with Gasteiger partial charge in [0.05, 0.1) is 11.7 Å². The van der Waals surface area contributed by atoms with Crippen LogP contribution in [-0.4, -0.2) is 11.2 Å². The summed E-state index contributed by atoms with van der Waals surface area (Å²) in [6.07, 6.45) is 9.39. The quantitative estimate of drug-likeness (QED) is 0.824. The van der Waals surface area contributed by atoms with Gasteiger partial charge < -0.3 is 9.84 Å². The third kappa shape index (κ3) is 3.17. The molecule has 0 bridgehead atoms. The summed E-state index contributed by atoms with van der Waals surface area (Å²) in [5.41, 5.74) is 0.444. The van der Waals surface area contributed by atoms with Crippen LogP contribution in [0.1, 0.15) is 63.9 Å². The lowest BCUT2D eigenvalue weighted by molar-refractivity contribution is 0.0196. The maximum absolute atomic E-state index is 11.0. The van der Waals surface area contributed by atoms with Gasteiger partial charge >= 0.3 is 0 Å². The Morgan fingerprint density at radius 1 is 1.10 bits per heavy atom.